The highest BCUT2D eigenvalue weighted by molar-refractivity contribution is 6.32. The van der Waals surface area contributed by atoms with Crippen LogP contribution >= 0.6 is 11.6 Å². The van der Waals surface area contributed by atoms with Crippen molar-refractivity contribution in [2.75, 3.05) is 19.5 Å². The molecule has 10 heteroatoms. The zero-order chi connectivity index (χ0) is 23.4. The Morgan fingerprint density at radius 3 is 2.52 bits per heavy atom. The first kappa shape index (κ1) is 22.1. The van der Waals surface area contributed by atoms with Crippen molar-refractivity contribution in [1.82, 2.24) is 14.7 Å². The Balaban J connectivity index is 1.51. The van der Waals surface area contributed by atoms with Crippen molar-refractivity contribution < 1.29 is 18.8 Å². The maximum Gasteiger partial charge on any atom is 0.259 e. The van der Waals surface area contributed by atoms with Gasteiger partial charge in [-0.15, -0.1) is 0 Å². The van der Waals surface area contributed by atoms with Gasteiger partial charge in [-0.3, -0.25) is 9.59 Å². The fourth-order valence-electron chi connectivity index (χ4n) is 3.08. The number of anilines is 1. The van der Waals surface area contributed by atoms with E-state index in [-0.39, 0.29) is 18.0 Å². The van der Waals surface area contributed by atoms with Crippen molar-refractivity contribution in [3.63, 3.8) is 0 Å². The lowest BCUT2D eigenvalue weighted by molar-refractivity contribution is -0.116. The lowest BCUT2D eigenvalue weighted by Gasteiger charge is -2.09. The first-order valence-electron chi connectivity index (χ1n) is 9.79. The first-order chi connectivity index (χ1) is 16.0. The van der Waals surface area contributed by atoms with Gasteiger partial charge in [-0.25, -0.2) is 0 Å². The number of halogens is 1. The molecule has 168 valence electrons. The molecule has 4 rings (SSSR count). The van der Waals surface area contributed by atoms with Gasteiger partial charge in [0.05, 0.1) is 24.8 Å². The summed E-state index contributed by atoms with van der Waals surface area (Å²) in [6.45, 7) is -0.213. The Kier molecular flexibility index (Phi) is 6.41. The maximum absolute atomic E-state index is 12.5. The number of carbonyl (C=O) groups excluding carboxylic acids is 1. The summed E-state index contributed by atoms with van der Waals surface area (Å²) in [5.74, 6) is 1.41. The van der Waals surface area contributed by atoms with Crippen LogP contribution in [0.25, 0.3) is 22.8 Å². The molecule has 0 aliphatic rings. The van der Waals surface area contributed by atoms with Gasteiger partial charge in [0, 0.05) is 23.5 Å². The third kappa shape index (κ3) is 5.04. The molecule has 9 nitrogen and oxygen atoms in total. The predicted octanol–water partition coefficient (Wildman–Crippen LogP) is 3.87. The normalized spacial score (nSPS) is 10.6. The zero-order valence-corrected chi connectivity index (χ0v) is 18.5. The third-order valence-electron chi connectivity index (χ3n) is 4.75. The number of pyridine rings is 1. The monoisotopic (exact) mass is 466 g/mol. The van der Waals surface area contributed by atoms with E-state index in [0.717, 1.165) is 5.56 Å². The second kappa shape index (κ2) is 9.58. The van der Waals surface area contributed by atoms with Crippen molar-refractivity contribution in [3.8, 4) is 34.3 Å². The highest BCUT2D eigenvalue weighted by atomic mass is 35.5. The average molecular weight is 467 g/mol. The number of amides is 1. The van der Waals surface area contributed by atoms with Crippen molar-refractivity contribution in [2.24, 2.45) is 0 Å². The van der Waals surface area contributed by atoms with Gasteiger partial charge in [0.15, 0.2) is 0 Å². The van der Waals surface area contributed by atoms with Crippen LogP contribution in [0.5, 0.6) is 11.5 Å². The molecular weight excluding hydrogens is 448 g/mol. The van der Waals surface area contributed by atoms with E-state index in [4.69, 9.17) is 25.6 Å². The number of hydrogen-bond donors (Lipinski definition) is 1. The van der Waals surface area contributed by atoms with Gasteiger partial charge < -0.3 is 23.9 Å². The number of hydrogen-bond acceptors (Lipinski definition) is 7. The van der Waals surface area contributed by atoms with Gasteiger partial charge in [0.2, 0.25) is 11.7 Å². The van der Waals surface area contributed by atoms with Crippen molar-refractivity contribution in [1.29, 1.82) is 0 Å². The van der Waals surface area contributed by atoms with Crippen LogP contribution in [0.15, 0.2) is 70.1 Å². The molecule has 2 heterocycles. The lowest BCUT2D eigenvalue weighted by atomic mass is 10.2. The zero-order valence-electron chi connectivity index (χ0n) is 17.7. The molecule has 0 unspecified atom stereocenters. The van der Waals surface area contributed by atoms with Crippen LogP contribution in [-0.4, -0.2) is 34.8 Å². The molecule has 0 spiro atoms. The van der Waals surface area contributed by atoms with Crippen LogP contribution in [0, 0.1) is 0 Å². The van der Waals surface area contributed by atoms with E-state index < -0.39 is 5.91 Å². The highest BCUT2D eigenvalue weighted by Crippen LogP contribution is 2.27. The summed E-state index contributed by atoms with van der Waals surface area (Å²) in [5.41, 5.74) is 1.38. The van der Waals surface area contributed by atoms with Crippen LogP contribution in [-0.2, 0) is 11.3 Å². The van der Waals surface area contributed by atoms with Gasteiger partial charge in [-0.2, -0.15) is 4.98 Å². The van der Waals surface area contributed by atoms with E-state index in [1.54, 1.807) is 43.5 Å². The standard InChI is InChI=1S/C23H19ClN4O5/c1-31-17-7-3-14(4-8-17)22-26-23(33-27-22)15-5-10-21(30)28(12-15)13-20(29)25-16-6-9-19(32-2)18(24)11-16/h3-12H,13H2,1-2H3,(H,25,29). The van der Waals surface area contributed by atoms with Crippen molar-refractivity contribution in [3.05, 3.63) is 76.2 Å². The van der Waals surface area contributed by atoms with Crippen molar-refractivity contribution in [2.45, 2.75) is 6.54 Å². The fourth-order valence-corrected chi connectivity index (χ4v) is 3.34. The molecule has 33 heavy (non-hydrogen) atoms. The Morgan fingerprint density at radius 2 is 1.82 bits per heavy atom. The molecule has 0 aliphatic carbocycles. The van der Waals surface area contributed by atoms with E-state index >= 15 is 0 Å². The Hall–Kier alpha value is -4.11. The molecule has 1 amide bonds. The predicted molar refractivity (Wildman–Crippen MR) is 123 cm³/mol. The van der Waals surface area contributed by atoms with Crippen LogP contribution in [0.2, 0.25) is 5.02 Å². The van der Waals surface area contributed by atoms with Gasteiger partial charge in [-0.05, 0) is 48.5 Å². The second-order valence-electron chi connectivity index (χ2n) is 6.93. The Labute approximate surface area is 193 Å². The number of carbonyl (C=O) groups is 1. The Morgan fingerprint density at radius 1 is 1.06 bits per heavy atom. The summed E-state index contributed by atoms with van der Waals surface area (Å²) >= 11 is 6.09. The first-order valence-corrected chi connectivity index (χ1v) is 10.2. The van der Waals surface area contributed by atoms with Gasteiger partial charge >= 0.3 is 0 Å². The minimum atomic E-state index is -0.403. The quantitative estimate of drug-likeness (QED) is 0.440. The number of benzene rings is 2. The number of nitrogens with zero attached hydrogens (tertiary/aromatic N) is 3. The molecule has 2 aromatic heterocycles. The molecule has 0 atom stereocenters. The van der Waals surface area contributed by atoms with Crippen LogP contribution < -0.4 is 20.3 Å². The van der Waals surface area contributed by atoms with Crippen molar-refractivity contribution >= 4 is 23.2 Å². The van der Waals surface area contributed by atoms with E-state index in [1.165, 1.54) is 23.9 Å². The summed E-state index contributed by atoms with van der Waals surface area (Å²) in [5, 5.41) is 7.06. The summed E-state index contributed by atoms with van der Waals surface area (Å²) in [7, 11) is 3.09. The molecule has 0 bridgehead atoms. The molecule has 0 radical (unpaired) electrons. The minimum Gasteiger partial charge on any atom is -0.497 e. The number of ether oxygens (including phenoxy) is 2. The Bertz CT molecular complexity index is 1350. The van der Waals surface area contributed by atoms with E-state index in [0.29, 0.717) is 33.6 Å². The topological polar surface area (TPSA) is 108 Å². The highest BCUT2D eigenvalue weighted by Gasteiger charge is 2.14. The number of rotatable bonds is 7. The smallest absolute Gasteiger partial charge is 0.259 e. The molecule has 4 aromatic rings. The molecule has 0 aliphatic heterocycles. The largest absolute Gasteiger partial charge is 0.497 e. The third-order valence-corrected chi connectivity index (χ3v) is 5.05. The molecule has 0 saturated heterocycles. The van der Waals surface area contributed by atoms with Crippen LogP contribution in [0.3, 0.4) is 0 Å². The molecular formula is C23H19ClN4O5. The maximum atomic E-state index is 12.5. The SMILES string of the molecule is COc1ccc(-c2noc(-c3ccc(=O)n(CC(=O)Nc4ccc(OC)c(Cl)c4)c3)n2)cc1. The summed E-state index contributed by atoms with van der Waals surface area (Å²) in [4.78, 5) is 29.2. The van der Waals surface area contributed by atoms with Gasteiger partial charge in [0.1, 0.15) is 18.0 Å². The second-order valence-corrected chi connectivity index (χ2v) is 7.34. The molecule has 0 saturated carbocycles. The van der Waals surface area contributed by atoms with E-state index in [9.17, 15) is 9.59 Å². The molecule has 1 N–H and O–H groups in total. The van der Waals surface area contributed by atoms with Crippen LogP contribution in [0.4, 0.5) is 5.69 Å². The number of methoxy groups -OCH3 is 2. The summed E-state index contributed by atoms with van der Waals surface area (Å²) in [6.07, 6.45) is 1.49. The lowest BCUT2D eigenvalue weighted by Crippen LogP contribution is -2.26. The number of aromatic nitrogens is 3. The molecule has 0 fully saturated rings. The summed E-state index contributed by atoms with van der Waals surface area (Å²) < 4.78 is 16.9. The number of nitrogens with one attached hydrogen (secondary N) is 1. The average Bonchev–Trinajstić information content (AvgIpc) is 3.31. The molecule has 2 aromatic carbocycles. The minimum absolute atomic E-state index is 0.213. The van der Waals surface area contributed by atoms with Crippen LogP contribution in [0.1, 0.15) is 0 Å². The van der Waals surface area contributed by atoms with Gasteiger partial charge in [-0.1, -0.05) is 16.8 Å². The van der Waals surface area contributed by atoms with Gasteiger partial charge in [0.25, 0.3) is 11.4 Å². The summed E-state index contributed by atoms with van der Waals surface area (Å²) in [6, 6.07) is 15.0. The van der Waals surface area contributed by atoms with E-state index in [1.807, 2.05) is 12.1 Å². The fraction of sp³-hybridized carbons (Fsp3) is 0.130. The van der Waals surface area contributed by atoms with E-state index in [2.05, 4.69) is 15.5 Å².